The van der Waals surface area contributed by atoms with Crippen molar-refractivity contribution in [3.63, 3.8) is 0 Å². The second kappa shape index (κ2) is 1.29. The molecule has 8 heavy (non-hydrogen) atoms. The van der Waals surface area contributed by atoms with Gasteiger partial charge in [0, 0.05) is 0 Å². The summed E-state index contributed by atoms with van der Waals surface area (Å²) in [7, 11) is 0. The topological polar surface area (TPSA) is 95.9 Å². The lowest BCUT2D eigenvalue weighted by Gasteiger charge is -1.87. The molecule has 44 valence electrons. The van der Waals surface area contributed by atoms with Gasteiger partial charge in [0.2, 0.25) is 5.95 Å². The van der Waals surface area contributed by atoms with Crippen LogP contribution in [0.5, 0.6) is 0 Å². The van der Waals surface area contributed by atoms with Crippen molar-refractivity contribution in [1.29, 1.82) is 0 Å². The highest BCUT2D eigenvalue weighted by Crippen LogP contribution is 1.99. The molecule has 1 heterocycles. The van der Waals surface area contributed by atoms with Crippen LogP contribution in [-0.2, 0) is 0 Å². The first-order valence-corrected chi connectivity index (χ1v) is 2.05. The van der Waals surface area contributed by atoms with E-state index in [1.54, 1.807) is 0 Å². The van der Waals surface area contributed by atoms with Crippen molar-refractivity contribution in [2.24, 2.45) is 0 Å². The monoisotopic (exact) mass is 113 g/mol. The second-order valence-corrected chi connectivity index (χ2v) is 1.43. The fourth-order valence-corrected chi connectivity index (χ4v) is 0.428. The second-order valence-electron chi connectivity index (χ2n) is 1.43. The van der Waals surface area contributed by atoms with Gasteiger partial charge in [0.05, 0.1) is 6.20 Å². The maximum Gasteiger partial charge on any atom is 0.220 e. The Balaban J connectivity index is 3.14. The summed E-state index contributed by atoms with van der Waals surface area (Å²) in [6.45, 7) is 0. The molecule has 0 saturated carbocycles. The molecule has 1 aromatic rings. The quantitative estimate of drug-likeness (QED) is 0.367. The van der Waals surface area contributed by atoms with Crippen molar-refractivity contribution in [3.8, 4) is 0 Å². The van der Waals surface area contributed by atoms with Crippen molar-refractivity contribution in [2.75, 3.05) is 17.3 Å². The molecule has 1 aromatic heterocycles. The van der Waals surface area contributed by atoms with Crippen LogP contribution in [0.1, 0.15) is 0 Å². The van der Waals surface area contributed by atoms with Crippen LogP contribution in [0.15, 0.2) is 6.20 Å². The van der Waals surface area contributed by atoms with Crippen LogP contribution < -0.4 is 17.3 Å². The summed E-state index contributed by atoms with van der Waals surface area (Å²) in [5, 5.41) is 0. The summed E-state index contributed by atoms with van der Waals surface area (Å²) in [4.78, 5) is 3.60. The molecule has 0 unspecified atom stereocenters. The third-order valence-electron chi connectivity index (χ3n) is 0.780. The van der Waals surface area contributed by atoms with E-state index in [4.69, 9.17) is 17.3 Å². The molecule has 0 saturated heterocycles. The predicted molar refractivity (Wildman–Crippen MR) is 31.2 cm³/mol. The van der Waals surface area contributed by atoms with Gasteiger partial charge in [0.25, 0.3) is 0 Å². The summed E-state index contributed by atoms with van der Waals surface area (Å²) in [5.41, 5.74) is 10.4. The highest BCUT2D eigenvalue weighted by molar-refractivity contribution is 5.34. The molecule has 6 N–H and O–H groups in total. The SMILES string of the molecule is Nc1cn(N)c(N)n1. The van der Waals surface area contributed by atoms with Crippen LogP contribution in [0.3, 0.4) is 0 Å². The van der Waals surface area contributed by atoms with E-state index >= 15 is 0 Å². The van der Waals surface area contributed by atoms with Crippen LogP contribution in [0.25, 0.3) is 0 Å². The van der Waals surface area contributed by atoms with Gasteiger partial charge < -0.3 is 17.3 Å². The lowest BCUT2D eigenvalue weighted by molar-refractivity contribution is 1.02. The Morgan fingerprint density at radius 2 is 2.12 bits per heavy atom. The average molecular weight is 113 g/mol. The molecule has 0 bridgehead atoms. The highest BCUT2D eigenvalue weighted by atomic mass is 15.4. The fourth-order valence-electron chi connectivity index (χ4n) is 0.428. The van der Waals surface area contributed by atoms with Crippen molar-refractivity contribution >= 4 is 11.8 Å². The van der Waals surface area contributed by atoms with Crippen molar-refractivity contribution in [2.45, 2.75) is 0 Å². The summed E-state index contributed by atoms with van der Waals surface area (Å²) in [6.07, 6.45) is 1.44. The Bertz CT molecular complexity index is 170. The molecule has 0 radical (unpaired) electrons. The van der Waals surface area contributed by atoms with Gasteiger partial charge in [-0.05, 0) is 0 Å². The summed E-state index contributed by atoms with van der Waals surface area (Å²) < 4.78 is 1.16. The fraction of sp³-hybridized carbons (Fsp3) is 0. The van der Waals surface area contributed by atoms with Gasteiger partial charge in [0.1, 0.15) is 5.82 Å². The average Bonchev–Trinajstić information content (AvgIpc) is 1.85. The summed E-state index contributed by atoms with van der Waals surface area (Å²) in [5.74, 6) is 5.75. The molecule has 5 nitrogen and oxygen atoms in total. The normalized spacial score (nSPS) is 9.50. The predicted octanol–water partition coefficient (Wildman–Crippen LogP) is -1.24. The zero-order valence-corrected chi connectivity index (χ0v) is 4.20. The van der Waals surface area contributed by atoms with E-state index in [1.165, 1.54) is 6.20 Å². The number of aromatic nitrogens is 2. The van der Waals surface area contributed by atoms with Crippen LogP contribution in [0.4, 0.5) is 11.8 Å². The minimum absolute atomic E-state index is 0.225. The van der Waals surface area contributed by atoms with E-state index in [2.05, 4.69) is 4.98 Å². The van der Waals surface area contributed by atoms with E-state index in [-0.39, 0.29) is 5.95 Å². The van der Waals surface area contributed by atoms with Gasteiger partial charge in [0.15, 0.2) is 0 Å². The number of anilines is 2. The largest absolute Gasteiger partial charge is 0.382 e. The van der Waals surface area contributed by atoms with Gasteiger partial charge in [-0.1, -0.05) is 0 Å². The zero-order valence-electron chi connectivity index (χ0n) is 4.20. The first-order chi connectivity index (χ1) is 3.70. The zero-order chi connectivity index (χ0) is 6.15. The molecular weight excluding hydrogens is 106 g/mol. The summed E-state index contributed by atoms with van der Waals surface area (Å²) in [6, 6.07) is 0. The van der Waals surface area contributed by atoms with Crippen LogP contribution in [-0.4, -0.2) is 9.66 Å². The Morgan fingerprint density at radius 3 is 2.25 bits per heavy atom. The highest BCUT2D eigenvalue weighted by Gasteiger charge is 1.94. The van der Waals surface area contributed by atoms with E-state index in [1.807, 2.05) is 0 Å². The number of nitrogen functional groups attached to an aromatic ring is 3. The lowest BCUT2D eigenvalue weighted by atomic mass is 10.8. The maximum absolute atomic E-state index is 5.19. The van der Waals surface area contributed by atoms with E-state index in [0.717, 1.165) is 4.68 Å². The Kier molecular flexibility index (Phi) is 0.768. The summed E-state index contributed by atoms with van der Waals surface area (Å²) >= 11 is 0. The molecule has 5 heteroatoms. The number of imidazole rings is 1. The lowest BCUT2D eigenvalue weighted by Crippen LogP contribution is -2.09. The van der Waals surface area contributed by atoms with E-state index in [0.29, 0.717) is 5.82 Å². The van der Waals surface area contributed by atoms with Crippen molar-refractivity contribution in [1.82, 2.24) is 9.66 Å². The maximum atomic E-state index is 5.19. The smallest absolute Gasteiger partial charge is 0.220 e. The Hall–Kier alpha value is -1.39. The number of nitrogens with zero attached hydrogens (tertiary/aromatic N) is 2. The molecule has 0 amide bonds. The minimum Gasteiger partial charge on any atom is -0.382 e. The Labute approximate surface area is 46.1 Å². The molecular formula is C3H7N5. The minimum atomic E-state index is 0.225. The Morgan fingerprint density at radius 1 is 1.50 bits per heavy atom. The number of rotatable bonds is 0. The molecule has 1 rings (SSSR count). The number of hydrogen-bond acceptors (Lipinski definition) is 4. The first-order valence-electron chi connectivity index (χ1n) is 2.05. The van der Waals surface area contributed by atoms with Gasteiger partial charge in [-0.15, -0.1) is 0 Å². The van der Waals surface area contributed by atoms with Crippen molar-refractivity contribution in [3.05, 3.63) is 6.20 Å². The van der Waals surface area contributed by atoms with E-state index < -0.39 is 0 Å². The van der Waals surface area contributed by atoms with Crippen LogP contribution in [0, 0.1) is 0 Å². The number of hydrogen-bond donors (Lipinski definition) is 3. The molecule has 0 spiro atoms. The number of nitrogens with two attached hydrogens (primary N) is 3. The molecule has 0 aromatic carbocycles. The third-order valence-corrected chi connectivity index (χ3v) is 0.780. The van der Waals surface area contributed by atoms with Gasteiger partial charge >= 0.3 is 0 Å². The van der Waals surface area contributed by atoms with E-state index in [9.17, 15) is 0 Å². The van der Waals surface area contributed by atoms with Crippen LogP contribution in [0.2, 0.25) is 0 Å². The van der Waals surface area contributed by atoms with Crippen molar-refractivity contribution < 1.29 is 0 Å². The molecule has 0 aliphatic carbocycles. The van der Waals surface area contributed by atoms with Gasteiger partial charge in [-0.2, -0.15) is 4.98 Å². The molecule has 0 fully saturated rings. The third kappa shape index (κ3) is 0.534. The molecule has 0 aliphatic rings. The first kappa shape index (κ1) is 4.76. The van der Waals surface area contributed by atoms with Gasteiger partial charge in [-0.3, -0.25) is 0 Å². The molecule has 0 atom stereocenters. The van der Waals surface area contributed by atoms with Crippen LogP contribution >= 0.6 is 0 Å². The molecule has 0 aliphatic heterocycles. The standard InChI is InChI=1S/C3H7N5/c4-2-1-8(6)3(5)7-2/h1H,4,6H2,(H2,5,7). The van der Waals surface area contributed by atoms with Gasteiger partial charge in [-0.25, -0.2) is 4.68 Å².